The molecule has 0 unspecified atom stereocenters. The summed E-state index contributed by atoms with van der Waals surface area (Å²) in [6, 6.07) is 14.0. The van der Waals surface area contributed by atoms with Crippen LogP contribution >= 0.6 is 0 Å². The zero-order chi connectivity index (χ0) is 20.8. The number of amides is 2. The summed E-state index contributed by atoms with van der Waals surface area (Å²) in [6.07, 6.45) is 0. The Morgan fingerprint density at radius 2 is 1.90 bits per heavy atom. The summed E-state index contributed by atoms with van der Waals surface area (Å²) >= 11 is 0. The van der Waals surface area contributed by atoms with E-state index in [0.29, 0.717) is 28.4 Å². The number of anilines is 2. The van der Waals surface area contributed by atoms with Gasteiger partial charge in [0.05, 0.1) is 30.4 Å². The van der Waals surface area contributed by atoms with Crippen LogP contribution < -0.4 is 20.1 Å². The number of rotatable bonds is 7. The first-order valence-corrected chi connectivity index (χ1v) is 9.19. The Bertz CT molecular complexity index is 952. The summed E-state index contributed by atoms with van der Waals surface area (Å²) < 4.78 is 10.6. The zero-order valence-electron chi connectivity index (χ0n) is 16.3. The fourth-order valence-electron chi connectivity index (χ4n) is 2.85. The normalized spacial score (nSPS) is 12.0. The second-order valence-corrected chi connectivity index (χ2v) is 6.77. The molecule has 1 aliphatic heterocycles. The van der Waals surface area contributed by atoms with Gasteiger partial charge in [-0.1, -0.05) is 12.1 Å². The number of nitriles is 1. The minimum Gasteiger partial charge on any atom is -0.454 e. The molecule has 8 nitrogen and oxygen atoms in total. The number of hydrogen-bond acceptors (Lipinski definition) is 6. The standard InChI is InChI=1S/C21H22N4O4/c1-14(2)25(10-9-22)12-20(26)24-17-6-4-3-5-16(17)21(27)23-15-7-8-18-19(11-15)29-13-28-18/h3-8,11,14H,10,12-13H2,1-2H3,(H,23,27)(H,24,26). The molecule has 0 fully saturated rings. The minimum absolute atomic E-state index is 0.0462. The lowest BCUT2D eigenvalue weighted by atomic mass is 10.1. The van der Waals surface area contributed by atoms with E-state index >= 15 is 0 Å². The molecule has 0 saturated heterocycles. The molecule has 2 aromatic rings. The quantitative estimate of drug-likeness (QED) is 0.700. The fraction of sp³-hybridized carbons (Fsp3) is 0.286. The molecule has 1 aliphatic rings. The smallest absolute Gasteiger partial charge is 0.257 e. The third kappa shape index (κ3) is 5.03. The van der Waals surface area contributed by atoms with Crippen molar-refractivity contribution < 1.29 is 19.1 Å². The molecule has 1 heterocycles. The maximum absolute atomic E-state index is 12.8. The number of nitrogens with one attached hydrogen (secondary N) is 2. The molecule has 0 radical (unpaired) electrons. The highest BCUT2D eigenvalue weighted by Gasteiger charge is 2.18. The van der Waals surface area contributed by atoms with Crippen molar-refractivity contribution in [3.8, 4) is 17.6 Å². The number of carbonyl (C=O) groups excluding carboxylic acids is 2. The molecule has 150 valence electrons. The SMILES string of the molecule is CC(C)N(CC#N)CC(=O)Nc1ccccc1C(=O)Nc1ccc2c(c1)OCO2. The molecule has 0 bridgehead atoms. The van der Waals surface area contributed by atoms with E-state index in [1.54, 1.807) is 47.4 Å². The topological polar surface area (TPSA) is 104 Å². The Hall–Kier alpha value is -3.57. The molecule has 0 aliphatic carbocycles. The molecule has 3 rings (SSSR count). The summed E-state index contributed by atoms with van der Waals surface area (Å²) in [5.41, 5.74) is 1.28. The molecular weight excluding hydrogens is 372 g/mol. The second-order valence-electron chi connectivity index (χ2n) is 6.77. The van der Waals surface area contributed by atoms with Crippen molar-refractivity contribution >= 4 is 23.2 Å². The Morgan fingerprint density at radius 3 is 2.66 bits per heavy atom. The van der Waals surface area contributed by atoms with Crippen molar-refractivity contribution in [2.45, 2.75) is 19.9 Å². The second kappa shape index (κ2) is 9.08. The van der Waals surface area contributed by atoms with Gasteiger partial charge in [-0.2, -0.15) is 5.26 Å². The van der Waals surface area contributed by atoms with Gasteiger partial charge in [0.25, 0.3) is 5.91 Å². The number of benzene rings is 2. The summed E-state index contributed by atoms with van der Waals surface area (Å²) in [7, 11) is 0. The summed E-state index contributed by atoms with van der Waals surface area (Å²) in [6.45, 7) is 4.19. The van der Waals surface area contributed by atoms with Crippen LogP contribution in [0, 0.1) is 11.3 Å². The summed E-state index contributed by atoms with van der Waals surface area (Å²) in [5.74, 6) is 0.535. The van der Waals surface area contributed by atoms with Gasteiger partial charge in [0.15, 0.2) is 11.5 Å². The number of carbonyl (C=O) groups is 2. The van der Waals surface area contributed by atoms with E-state index in [2.05, 4.69) is 16.7 Å². The van der Waals surface area contributed by atoms with E-state index in [4.69, 9.17) is 14.7 Å². The number of para-hydroxylation sites is 1. The van der Waals surface area contributed by atoms with Gasteiger partial charge in [-0.3, -0.25) is 14.5 Å². The Labute approximate surface area is 169 Å². The number of fused-ring (bicyclic) bond motifs is 1. The largest absolute Gasteiger partial charge is 0.454 e. The summed E-state index contributed by atoms with van der Waals surface area (Å²) in [4.78, 5) is 26.9. The van der Waals surface area contributed by atoms with Crippen molar-refractivity contribution in [2.75, 3.05) is 30.5 Å². The highest BCUT2D eigenvalue weighted by Crippen LogP contribution is 2.34. The van der Waals surface area contributed by atoms with Crippen molar-refractivity contribution in [1.82, 2.24) is 4.90 Å². The van der Waals surface area contributed by atoms with E-state index in [1.807, 2.05) is 13.8 Å². The van der Waals surface area contributed by atoms with Crippen molar-refractivity contribution in [3.63, 3.8) is 0 Å². The van der Waals surface area contributed by atoms with Gasteiger partial charge in [0.1, 0.15) is 0 Å². The molecular formula is C21H22N4O4. The van der Waals surface area contributed by atoms with Crippen LogP contribution in [-0.2, 0) is 4.79 Å². The van der Waals surface area contributed by atoms with Gasteiger partial charge in [-0.25, -0.2) is 0 Å². The first kappa shape index (κ1) is 20.2. The zero-order valence-corrected chi connectivity index (χ0v) is 16.3. The molecule has 2 amide bonds. The fourth-order valence-corrected chi connectivity index (χ4v) is 2.85. The first-order chi connectivity index (χ1) is 14.0. The van der Waals surface area contributed by atoms with Crippen LogP contribution in [0.4, 0.5) is 11.4 Å². The van der Waals surface area contributed by atoms with E-state index in [9.17, 15) is 9.59 Å². The van der Waals surface area contributed by atoms with Crippen LogP contribution in [0.3, 0.4) is 0 Å². The highest BCUT2D eigenvalue weighted by molar-refractivity contribution is 6.10. The van der Waals surface area contributed by atoms with Crippen LogP contribution in [0.1, 0.15) is 24.2 Å². The lowest BCUT2D eigenvalue weighted by Gasteiger charge is -2.22. The number of ether oxygens (including phenoxy) is 2. The lowest BCUT2D eigenvalue weighted by Crippen LogP contribution is -2.38. The molecule has 0 spiro atoms. The van der Waals surface area contributed by atoms with Gasteiger partial charge >= 0.3 is 0 Å². The maximum Gasteiger partial charge on any atom is 0.257 e. The molecule has 0 atom stereocenters. The Balaban J connectivity index is 1.70. The molecule has 2 aromatic carbocycles. The Kier molecular flexibility index (Phi) is 6.32. The van der Waals surface area contributed by atoms with Gasteiger partial charge in [0, 0.05) is 17.8 Å². The lowest BCUT2D eigenvalue weighted by molar-refractivity contribution is -0.117. The monoisotopic (exact) mass is 394 g/mol. The van der Waals surface area contributed by atoms with Crippen molar-refractivity contribution in [3.05, 3.63) is 48.0 Å². The van der Waals surface area contributed by atoms with E-state index in [1.165, 1.54) is 0 Å². The minimum atomic E-state index is -0.363. The number of nitrogens with zero attached hydrogens (tertiary/aromatic N) is 2. The molecule has 0 saturated carbocycles. The third-order valence-electron chi connectivity index (χ3n) is 4.43. The van der Waals surface area contributed by atoms with Crippen LogP contribution in [0.2, 0.25) is 0 Å². The van der Waals surface area contributed by atoms with E-state index in [-0.39, 0.29) is 37.7 Å². The average Bonchev–Trinajstić information content (AvgIpc) is 3.15. The number of hydrogen-bond donors (Lipinski definition) is 2. The molecule has 0 aromatic heterocycles. The third-order valence-corrected chi connectivity index (χ3v) is 4.43. The van der Waals surface area contributed by atoms with Gasteiger partial charge < -0.3 is 20.1 Å². The first-order valence-electron chi connectivity index (χ1n) is 9.19. The van der Waals surface area contributed by atoms with E-state index < -0.39 is 0 Å². The van der Waals surface area contributed by atoms with Crippen molar-refractivity contribution in [1.29, 1.82) is 5.26 Å². The van der Waals surface area contributed by atoms with Crippen molar-refractivity contribution in [2.24, 2.45) is 0 Å². The summed E-state index contributed by atoms with van der Waals surface area (Å²) in [5, 5.41) is 14.5. The average molecular weight is 394 g/mol. The van der Waals surface area contributed by atoms with Gasteiger partial charge in [-0.05, 0) is 38.1 Å². The van der Waals surface area contributed by atoms with Crippen LogP contribution in [0.5, 0.6) is 11.5 Å². The highest BCUT2D eigenvalue weighted by atomic mass is 16.7. The van der Waals surface area contributed by atoms with Crippen LogP contribution in [-0.4, -0.2) is 42.6 Å². The molecule has 2 N–H and O–H groups in total. The van der Waals surface area contributed by atoms with Crippen LogP contribution in [0.15, 0.2) is 42.5 Å². The van der Waals surface area contributed by atoms with Gasteiger partial charge in [0.2, 0.25) is 12.7 Å². The Morgan fingerprint density at radius 1 is 1.14 bits per heavy atom. The maximum atomic E-state index is 12.8. The molecule has 29 heavy (non-hydrogen) atoms. The van der Waals surface area contributed by atoms with Gasteiger partial charge in [-0.15, -0.1) is 0 Å². The van der Waals surface area contributed by atoms with E-state index in [0.717, 1.165) is 0 Å². The molecule has 8 heteroatoms. The predicted molar refractivity (Wildman–Crippen MR) is 108 cm³/mol. The van der Waals surface area contributed by atoms with Crippen LogP contribution in [0.25, 0.3) is 0 Å². The predicted octanol–water partition coefficient (Wildman–Crippen LogP) is 2.84.